The van der Waals surface area contributed by atoms with Gasteiger partial charge in [0.2, 0.25) is 11.8 Å². The molecule has 0 saturated carbocycles. The van der Waals surface area contributed by atoms with Crippen LogP contribution in [0.3, 0.4) is 0 Å². The molecule has 0 radical (unpaired) electrons. The Morgan fingerprint density at radius 3 is 2.42 bits per heavy atom. The van der Waals surface area contributed by atoms with Crippen molar-refractivity contribution < 1.29 is 27.5 Å². The molecule has 10 heteroatoms. The number of alkyl halides is 3. The van der Waals surface area contributed by atoms with E-state index in [-0.39, 0.29) is 41.6 Å². The Morgan fingerprint density at radius 1 is 1.26 bits per heavy atom. The maximum absolute atomic E-state index is 12.6. The van der Waals surface area contributed by atoms with Crippen LogP contribution in [0.25, 0.3) is 0 Å². The molecule has 0 aliphatic heterocycles. The summed E-state index contributed by atoms with van der Waals surface area (Å²) in [6, 6.07) is 1.37. The molecule has 1 aromatic rings. The number of ether oxygens (including phenoxy) is 1. The van der Waals surface area contributed by atoms with Gasteiger partial charge in [-0.25, -0.2) is 4.98 Å². The summed E-state index contributed by atoms with van der Waals surface area (Å²) in [6.45, 7) is 7.55. The van der Waals surface area contributed by atoms with E-state index in [2.05, 4.69) is 20.4 Å². The third kappa shape index (κ3) is 10.0. The highest BCUT2D eigenvalue weighted by Crippen LogP contribution is 2.19. The fraction of sp³-hybridized carbons (Fsp3) is 0.476. The Hall–Kier alpha value is -3.04. The minimum absolute atomic E-state index is 0.0408. The molecule has 172 valence electrons. The number of amides is 2. The number of rotatable bonds is 9. The Kier molecular flexibility index (Phi) is 9.54. The lowest BCUT2D eigenvalue weighted by Gasteiger charge is -2.13. The first-order chi connectivity index (χ1) is 14.3. The fourth-order valence-electron chi connectivity index (χ4n) is 2.29. The SMILES string of the molecule is Cc1cc(OCC(F)(F)F)ncc1CNC(=O)C(/C=C(\N)NC(=O)C(C)C)=C/C(C)C. The van der Waals surface area contributed by atoms with Crippen molar-refractivity contribution in [3.05, 3.63) is 46.9 Å². The summed E-state index contributed by atoms with van der Waals surface area (Å²) in [7, 11) is 0. The fourth-order valence-corrected chi connectivity index (χ4v) is 2.29. The van der Waals surface area contributed by atoms with Crippen LogP contribution in [0, 0.1) is 18.8 Å². The average molecular weight is 442 g/mol. The van der Waals surface area contributed by atoms with Crippen LogP contribution in [-0.4, -0.2) is 29.6 Å². The number of carbonyl (C=O) groups is 2. The predicted octanol–water partition coefficient (Wildman–Crippen LogP) is 3.10. The van der Waals surface area contributed by atoms with Crippen molar-refractivity contribution in [1.82, 2.24) is 15.6 Å². The van der Waals surface area contributed by atoms with Gasteiger partial charge in [0.25, 0.3) is 5.91 Å². The monoisotopic (exact) mass is 442 g/mol. The number of hydrogen-bond acceptors (Lipinski definition) is 5. The molecule has 0 unspecified atom stereocenters. The van der Waals surface area contributed by atoms with Crippen molar-refractivity contribution in [3.63, 3.8) is 0 Å². The van der Waals surface area contributed by atoms with Gasteiger partial charge in [0, 0.05) is 30.3 Å². The van der Waals surface area contributed by atoms with E-state index in [0.717, 1.165) is 0 Å². The lowest BCUT2D eigenvalue weighted by atomic mass is 10.1. The van der Waals surface area contributed by atoms with Gasteiger partial charge in [0.05, 0.1) is 0 Å². The van der Waals surface area contributed by atoms with E-state index >= 15 is 0 Å². The first kappa shape index (κ1) is 26.0. The van der Waals surface area contributed by atoms with Gasteiger partial charge in [-0.2, -0.15) is 13.2 Å². The van der Waals surface area contributed by atoms with Crippen molar-refractivity contribution in [1.29, 1.82) is 0 Å². The van der Waals surface area contributed by atoms with Crippen LogP contribution in [0.1, 0.15) is 38.8 Å². The molecule has 7 nitrogen and oxygen atoms in total. The van der Waals surface area contributed by atoms with E-state index in [1.165, 1.54) is 18.3 Å². The molecule has 0 saturated heterocycles. The van der Waals surface area contributed by atoms with E-state index in [1.54, 1.807) is 26.8 Å². The highest BCUT2D eigenvalue weighted by molar-refractivity contribution is 5.96. The number of nitrogens with one attached hydrogen (secondary N) is 2. The van der Waals surface area contributed by atoms with Gasteiger partial charge in [0.15, 0.2) is 6.61 Å². The zero-order valence-electron chi connectivity index (χ0n) is 18.3. The lowest BCUT2D eigenvalue weighted by molar-refractivity contribution is -0.154. The second-order valence-electron chi connectivity index (χ2n) is 7.65. The molecule has 0 atom stereocenters. The number of pyridine rings is 1. The highest BCUT2D eigenvalue weighted by atomic mass is 19.4. The molecule has 0 aliphatic carbocycles. The molecular weight excluding hydrogens is 413 g/mol. The van der Waals surface area contributed by atoms with Crippen molar-refractivity contribution in [2.24, 2.45) is 17.6 Å². The third-order valence-corrected chi connectivity index (χ3v) is 3.90. The zero-order chi connectivity index (χ0) is 23.8. The summed E-state index contributed by atoms with van der Waals surface area (Å²) in [5.41, 5.74) is 7.33. The molecule has 0 fully saturated rings. The summed E-state index contributed by atoms with van der Waals surface area (Å²) in [5.74, 6) is -1.03. The number of nitrogens with two attached hydrogens (primary N) is 1. The third-order valence-electron chi connectivity index (χ3n) is 3.90. The van der Waals surface area contributed by atoms with Gasteiger partial charge in [-0.05, 0) is 30.0 Å². The normalized spacial score (nSPS) is 12.8. The smallest absolute Gasteiger partial charge is 0.422 e. The lowest BCUT2D eigenvalue weighted by Crippen LogP contribution is -2.32. The first-order valence-corrected chi connectivity index (χ1v) is 9.71. The number of allylic oxidation sites excluding steroid dienone is 1. The molecule has 0 aliphatic rings. The van der Waals surface area contributed by atoms with Crippen LogP contribution in [-0.2, 0) is 16.1 Å². The summed E-state index contributed by atoms with van der Waals surface area (Å²) < 4.78 is 41.4. The Labute approximate surface area is 179 Å². The number of nitrogens with zero attached hydrogens (tertiary/aromatic N) is 1. The van der Waals surface area contributed by atoms with Gasteiger partial charge in [-0.15, -0.1) is 0 Å². The average Bonchev–Trinajstić information content (AvgIpc) is 2.63. The standard InChI is InChI=1S/C21H29F3N4O3/c1-12(2)6-15(8-17(25)28-19(29)13(3)4)20(30)27-10-16-9-26-18(7-14(16)5)31-11-21(22,23)24/h6-9,12-13H,10-11,25H2,1-5H3,(H,27,30)(H,28,29)/b15-6+,17-8+. The van der Waals surface area contributed by atoms with E-state index < -0.39 is 18.7 Å². The quantitative estimate of drug-likeness (QED) is 0.403. The second-order valence-corrected chi connectivity index (χ2v) is 7.65. The van der Waals surface area contributed by atoms with Crippen molar-refractivity contribution in [3.8, 4) is 5.88 Å². The van der Waals surface area contributed by atoms with Crippen molar-refractivity contribution >= 4 is 11.8 Å². The predicted molar refractivity (Wildman–Crippen MR) is 111 cm³/mol. The zero-order valence-corrected chi connectivity index (χ0v) is 18.3. The van der Waals surface area contributed by atoms with Gasteiger partial charge in [-0.1, -0.05) is 33.8 Å². The molecular formula is C21H29F3N4O3. The minimum Gasteiger partial charge on any atom is -0.468 e. The number of aromatic nitrogens is 1. The Morgan fingerprint density at radius 2 is 1.90 bits per heavy atom. The molecule has 0 bridgehead atoms. The minimum atomic E-state index is -4.45. The molecule has 31 heavy (non-hydrogen) atoms. The van der Waals surface area contributed by atoms with Gasteiger partial charge >= 0.3 is 6.18 Å². The van der Waals surface area contributed by atoms with Gasteiger partial charge in [0.1, 0.15) is 5.82 Å². The van der Waals surface area contributed by atoms with Crippen LogP contribution in [0.15, 0.2) is 35.8 Å². The second kappa shape index (κ2) is 11.4. The molecule has 0 aromatic carbocycles. The topological polar surface area (TPSA) is 106 Å². The van der Waals surface area contributed by atoms with Gasteiger partial charge in [-0.3, -0.25) is 9.59 Å². The summed E-state index contributed by atoms with van der Waals surface area (Å²) in [6.07, 6.45) is -0.0245. The maximum Gasteiger partial charge on any atom is 0.422 e. The van der Waals surface area contributed by atoms with Crippen LogP contribution < -0.4 is 21.1 Å². The molecule has 1 aromatic heterocycles. The molecule has 4 N–H and O–H groups in total. The number of hydrogen-bond donors (Lipinski definition) is 3. The highest BCUT2D eigenvalue weighted by Gasteiger charge is 2.28. The van der Waals surface area contributed by atoms with E-state index in [4.69, 9.17) is 5.73 Å². The maximum atomic E-state index is 12.6. The molecule has 2 amide bonds. The van der Waals surface area contributed by atoms with Crippen LogP contribution in [0.4, 0.5) is 13.2 Å². The Balaban J connectivity index is 2.85. The number of aryl methyl sites for hydroxylation is 1. The number of carbonyl (C=O) groups excluding carboxylic acids is 2. The van der Waals surface area contributed by atoms with Crippen LogP contribution >= 0.6 is 0 Å². The molecule has 1 rings (SSSR count). The van der Waals surface area contributed by atoms with Crippen molar-refractivity contribution in [2.45, 2.75) is 47.3 Å². The molecule has 0 spiro atoms. The van der Waals surface area contributed by atoms with E-state index in [9.17, 15) is 22.8 Å². The van der Waals surface area contributed by atoms with Crippen LogP contribution in [0.5, 0.6) is 5.88 Å². The molecule has 1 heterocycles. The number of halogens is 3. The van der Waals surface area contributed by atoms with Gasteiger partial charge < -0.3 is 21.1 Å². The van der Waals surface area contributed by atoms with E-state index in [0.29, 0.717) is 11.1 Å². The Bertz CT molecular complexity index is 847. The largest absolute Gasteiger partial charge is 0.468 e. The van der Waals surface area contributed by atoms with E-state index in [1.807, 2.05) is 13.8 Å². The summed E-state index contributed by atoms with van der Waals surface area (Å²) >= 11 is 0. The van der Waals surface area contributed by atoms with Crippen molar-refractivity contribution in [2.75, 3.05) is 6.61 Å². The summed E-state index contributed by atoms with van der Waals surface area (Å²) in [4.78, 5) is 28.3. The first-order valence-electron chi connectivity index (χ1n) is 9.71. The van der Waals surface area contributed by atoms with Crippen LogP contribution in [0.2, 0.25) is 0 Å². The summed E-state index contributed by atoms with van der Waals surface area (Å²) in [5, 5.41) is 5.25.